The number of carbonyl (C=O) groups is 2. The Labute approximate surface area is 169 Å². The van der Waals surface area contributed by atoms with Gasteiger partial charge in [0.2, 0.25) is 0 Å². The molecule has 1 amide bonds. The van der Waals surface area contributed by atoms with Crippen molar-refractivity contribution in [2.45, 2.75) is 53.0 Å². The fourth-order valence-electron chi connectivity index (χ4n) is 2.93. The summed E-state index contributed by atoms with van der Waals surface area (Å²) in [5.74, 6) is -1.44. The Hall–Kier alpha value is -1.90. The van der Waals surface area contributed by atoms with Crippen molar-refractivity contribution in [3.63, 3.8) is 0 Å². The molecule has 0 fully saturated rings. The number of benzene rings is 1. The Balaban J connectivity index is 2.97. The molecule has 0 saturated carbocycles. The summed E-state index contributed by atoms with van der Waals surface area (Å²) < 4.78 is 16.3. The fraction of sp³-hybridized carbons (Fsp3) is 0.600. The van der Waals surface area contributed by atoms with Gasteiger partial charge in [-0.3, -0.25) is 10.0 Å². The first-order chi connectivity index (χ1) is 12.9. The molecular formula is C20H33NO6Si. The van der Waals surface area contributed by atoms with E-state index >= 15 is 0 Å². The quantitative estimate of drug-likeness (QED) is 0.304. The van der Waals surface area contributed by atoms with E-state index in [0.717, 1.165) is 5.56 Å². The van der Waals surface area contributed by atoms with Crippen molar-refractivity contribution in [2.24, 2.45) is 11.3 Å². The average Bonchev–Trinajstić information content (AvgIpc) is 2.62. The number of esters is 1. The van der Waals surface area contributed by atoms with Crippen molar-refractivity contribution in [2.75, 3.05) is 13.7 Å². The summed E-state index contributed by atoms with van der Waals surface area (Å²) >= 11 is 0. The topological polar surface area (TPSA) is 85.3 Å². The highest BCUT2D eigenvalue weighted by atomic mass is 28.3. The highest BCUT2D eigenvalue weighted by Crippen LogP contribution is 2.41. The number of carbonyl (C=O) groups excluding carboxylic acids is 2. The molecule has 2 atom stereocenters. The number of ether oxygens (including phenoxy) is 2. The van der Waals surface area contributed by atoms with E-state index in [-0.39, 0.29) is 13.2 Å². The zero-order chi connectivity index (χ0) is 21.5. The van der Waals surface area contributed by atoms with Gasteiger partial charge in [-0.25, -0.2) is 4.79 Å². The first kappa shape index (κ1) is 24.1. The molecule has 0 aliphatic heterocycles. The minimum Gasteiger partial charge on any atom is -0.469 e. The maximum Gasteiger partial charge on any atom is 0.434 e. The van der Waals surface area contributed by atoms with Crippen LogP contribution in [0.3, 0.4) is 0 Å². The average molecular weight is 412 g/mol. The Morgan fingerprint density at radius 3 is 2.18 bits per heavy atom. The van der Waals surface area contributed by atoms with Gasteiger partial charge in [0.25, 0.3) is 0 Å². The Bertz CT molecular complexity index is 646. The van der Waals surface area contributed by atoms with Crippen molar-refractivity contribution in [1.82, 2.24) is 5.06 Å². The van der Waals surface area contributed by atoms with Crippen LogP contribution in [0.15, 0.2) is 30.3 Å². The van der Waals surface area contributed by atoms with Gasteiger partial charge in [0, 0.05) is 0 Å². The predicted octanol–water partition coefficient (Wildman–Crippen LogP) is 3.61. The zero-order valence-electron chi connectivity index (χ0n) is 17.9. The standard InChI is InChI=1S/C20H33NO6Si/c1-19(2,3)20(4,27-28(6)7)16(17(22)25-5)13-21(24)18(23)26-14-15-11-9-8-10-12-15/h8-12,16,24,28H,13-14H2,1-7H3/t16-,20-/m1/s1. The van der Waals surface area contributed by atoms with Gasteiger partial charge in [-0.1, -0.05) is 51.1 Å². The van der Waals surface area contributed by atoms with E-state index in [9.17, 15) is 14.8 Å². The number of hydrogen-bond donors (Lipinski definition) is 1. The minimum atomic E-state index is -1.55. The summed E-state index contributed by atoms with van der Waals surface area (Å²) in [5.41, 5.74) is -0.596. The number of methoxy groups -OCH3 is 1. The third-order valence-electron chi connectivity index (χ3n) is 4.89. The molecule has 8 heteroatoms. The van der Waals surface area contributed by atoms with Crippen molar-refractivity contribution < 1.29 is 28.7 Å². The fourth-order valence-corrected chi connectivity index (χ4v) is 4.43. The highest BCUT2D eigenvalue weighted by Gasteiger charge is 2.50. The summed E-state index contributed by atoms with van der Waals surface area (Å²) in [6, 6.07) is 9.13. The lowest BCUT2D eigenvalue weighted by Gasteiger charge is -2.47. The number of amides is 1. The van der Waals surface area contributed by atoms with Crippen LogP contribution in [0.25, 0.3) is 0 Å². The van der Waals surface area contributed by atoms with Gasteiger partial charge in [0.1, 0.15) is 12.5 Å². The molecule has 0 radical (unpaired) electrons. The second-order valence-corrected chi connectivity index (χ2v) is 10.6. The van der Waals surface area contributed by atoms with E-state index in [1.165, 1.54) is 7.11 Å². The van der Waals surface area contributed by atoms with Crippen molar-refractivity contribution in [1.29, 1.82) is 0 Å². The molecule has 28 heavy (non-hydrogen) atoms. The lowest BCUT2D eigenvalue weighted by atomic mass is 9.70. The molecule has 0 aromatic heterocycles. The molecule has 7 nitrogen and oxygen atoms in total. The normalized spacial score (nSPS) is 14.9. The van der Waals surface area contributed by atoms with Gasteiger partial charge in [0.05, 0.1) is 19.3 Å². The summed E-state index contributed by atoms with van der Waals surface area (Å²) in [6.07, 6.45) is -0.934. The van der Waals surface area contributed by atoms with Gasteiger partial charge >= 0.3 is 12.1 Å². The first-order valence-corrected chi connectivity index (χ1v) is 12.1. The van der Waals surface area contributed by atoms with Crippen LogP contribution in [-0.2, 0) is 25.3 Å². The molecule has 0 spiro atoms. The van der Waals surface area contributed by atoms with Crippen LogP contribution in [0.4, 0.5) is 4.79 Å². The summed E-state index contributed by atoms with van der Waals surface area (Å²) in [7, 11) is -0.274. The van der Waals surface area contributed by atoms with E-state index in [4.69, 9.17) is 13.9 Å². The highest BCUT2D eigenvalue weighted by molar-refractivity contribution is 6.48. The second kappa shape index (κ2) is 10.0. The van der Waals surface area contributed by atoms with Crippen LogP contribution in [0.1, 0.15) is 33.3 Å². The molecule has 0 heterocycles. The van der Waals surface area contributed by atoms with Crippen molar-refractivity contribution in [3.05, 3.63) is 35.9 Å². The lowest BCUT2D eigenvalue weighted by molar-refractivity contribution is -0.172. The third kappa shape index (κ3) is 6.32. The number of hydrogen-bond acceptors (Lipinski definition) is 6. The summed E-state index contributed by atoms with van der Waals surface area (Å²) in [4.78, 5) is 24.8. The lowest BCUT2D eigenvalue weighted by Crippen LogP contribution is -2.57. The number of nitrogens with zero attached hydrogens (tertiary/aromatic N) is 1. The summed E-state index contributed by atoms with van der Waals surface area (Å²) in [5, 5.41) is 10.7. The van der Waals surface area contributed by atoms with E-state index in [1.54, 1.807) is 0 Å². The second-order valence-electron chi connectivity index (χ2n) is 8.22. The maximum absolute atomic E-state index is 12.5. The van der Waals surface area contributed by atoms with Crippen LogP contribution >= 0.6 is 0 Å². The van der Waals surface area contributed by atoms with Gasteiger partial charge in [0.15, 0.2) is 9.04 Å². The first-order valence-electron chi connectivity index (χ1n) is 9.35. The molecule has 0 saturated heterocycles. The van der Waals surface area contributed by atoms with E-state index in [0.29, 0.717) is 5.06 Å². The molecule has 0 unspecified atom stereocenters. The Kier molecular flexibility index (Phi) is 8.65. The van der Waals surface area contributed by atoms with Crippen molar-refractivity contribution in [3.8, 4) is 0 Å². The maximum atomic E-state index is 12.5. The van der Waals surface area contributed by atoms with Crippen LogP contribution in [0, 0.1) is 11.3 Å². The molecule has 1 aromatic rings. The largest absolute Gasteiger partial charge is 0.469 e. The molecule has 0 aliphatic carbocycles. The van der Waals surface area contributed by atoms with Crippen LogP contribution in [-0.4, -0.2) is 50.6 Å². The Morgan fingerprint density at radius 2 is 1.71 bits per heavy atom. The van der Waals surface area contributed by atoms with E-state index in [2.05, 4.69) is 0 Å². The molecule has 0 bridgehead atoms. The Morgan fingerprint density at radius 1 is 1.14 bits per heavy atom. The van der Waals surface area contributed by atoms with Gasteiger partial charge in [-0.2, -0.15) is 5.06 Å². The molecular weight excluding hydrogens is 378 g/mol. The third-order valence-corrected chi connectivity index (χ3v) is 5.85. The molecule has 1 N–H and O–H groups in total. The van der Waals surface area contributed by atoms with Crippen molar-refractivity contribution >= 4 is 21.1 Å². The predicted molar refractivity (Wildman–Crippen MR) is 108 cm³/mol. The molecule has 1 aromatic carbocycles. The summed E-state index contributed by atoms with van der Waals surface area (Å²) in [6.45, 7) is 11.4. The minimum absolute atomic E-state index is 0.0194. The monoisotopic (exact) mass is 411 g/mol. The SMILES string of the molecule is COC(=O)[C@@H](CN(O)C(=O)OCc1ccccc1)[C@@](C)(O[SiH](C)C)C(C)(C)C. The van der Waals surface area contributed by atoms with Crippen LogP contribution in [0.5, 0.6) is 0 Å². The van der Waals surface area contributed by atoms with E-state index < -0.39 is 38.0 Å². The smallest absolute Gasteiger partial charge is 0.434 e. The van der Waals surface area contributed by atoms with Crippen LogP contribution in [0.2, 0.25) is 13.1 Å². The van der Waals surface area contributed by atoms with E-state index in [1.807, 2.05) is 71.1 Å². The van der Waals surface area contributed by atoms with Gasteiger partial charge in [-0.05, 0) is 31.0 Å². The number of rotatable bonds is 8. The number of hydroxylamine groups is 2. The van der Waals surface area contributed by atoms with Crippen LogP contribution < -0.4 is 0 Å². The molecule has 1 rings (SSSR count). The van der Waals surface area contributed by atoms with Gasteiger partial charge in [-0.15, -0.1) is 0 Å². The molecule has 158 valence electrons. The zero-order valence-corrected chi connectivity index (χ0v) is 19.0. The molecule has 0 aliphatic rings. The van der Waals surface area contributed by atoms with Gasteiger partial charge < -0.3 is 13.9 Å².